The number of hydrogen-bond donors (Lipinski definition) is 7. The van der Waals surface area contributed by atoms with Gasteiger partial charge in [-0.25, -0.2) is 0 Å². The first kappa shape index (κ1) is 50.8. The van der Waals surface area contributed by atoms with E-state index in [2.05, 4.69) is 20.9 Å². The number of aliphatic imine (C=N–C) groups is 1. The van der Waals surface area contributed by atoms with Crippen LogP contribution in [-0.4, -0.2) is 101 Å². The van der Waals surface area contributed by atoms with Gasteiger partial charge < -0.3 is 37.2 Å². The number of alkyl halides is 1. The second-order valence-electron chi connectivity index (χ2n) is 16.1. The molecular weight excluding hydrogens is 896 g/mol. The summed E-state index contributed by atoms with van der Waals surface area (Å²) in [5, 5.41) is 8.59. The van der Waals surface area contributed by atoms with E-state index in [0.29, 0.717) is 107 Å². The molecule has 17 nitrogen and oxygen atoms in total. The lowest BCUT2D eigenvalue weighted by Crippen LogP contribution is -2.42. The molecule has 3 aromatic carbocycles. The zero-order valence-electron chi connectivity index (χ0n) is 36.4. The summed E-state index contributed by atoms with van der Waals surface area (Å²) in [6.45, 7) is 2.41. The molecular formula is C45H59ClN8O9S2. The first-order valence-electron chi connectivity index (χ1n) is 21.6. The number of nitrogens with zero attached hydrogens (tertiary/aromatic N) is 3. The molecule has 3 amide bonds. The lowest BCUT2D eigenvalue weighted by molar-refractivity contribution is -0.123. The summed E-state index contributed by atoms with van der Waals surface area (Å²) < 4.78 is 65.9. The molecule has 2 aliphatic heterocycles. The van der Waals surface area contributed by atoms with Crippen molar-refractivity contribution >= 4 is 72.3 Å². The molecule has 2 aliphatic rings. The number of carbonyl (C=O) groups excluding carboxylic acids is 3. The van der Waals surface area contributed by atoms with Crippen molar-refractivity contribution in [1.82, 2.24) is 16.0 Å². The van der Waals surface area contributed by atoms with Gasteiger partial charge in [0.25, 0.3) is 20.2 Å². The largest absolute Gasteiger partial charge is 0.373 e. The molecule has 0 radical (unpaired) electrons. The Labute approximate surface area is 386 Å². The fraction of sp³-hybridized carbons (Fsp3) is 0.422. The Morgan fingerprint density at radius 1 is 0.815 bits per heavy atom. The molecule has 0 saturated carbocycles. The summed E-state index contributed by atoms with van der Waals surface area (Å²) in [6.07, 6.45) is 10.4. The maximum atomic E-state index is 12.6. The zero-order valence-corrected chi connectivity index (χ0v) is 38.8. The molecule has 2 atom stereocenters. The molecule has 0 spiro atoms. The van der Waals surface area contributed by atoms with E-state index >= 15 is 0 Å². The Hall–Kier alpha value is -5.15. The predicted molar refractivity (Wildman–Crippen MR) is 253 cm³/mol. The van der Waals surface area contributed by atoms with E-state index in [0.717, 1.165) is 34.7 Å². The number of fused-ring (bicyclic) bond motifs is 2. The van der Waals surface area contributed by atoms with E-state index < -0.39 is 32.3 Å². The summed E-state index contributed by atoms with van der Waals surface area (Å²) >= 11 is 5.81. The quantitative estimate of drug-likeness (QED) is 0.0355. The first-order chi connectivity index (χ1) is 30.9. The minimum atomic E-state index is -4.41. The molecule has 65 heavy (non-hydrogen) atoms. The number of nitrogens with one attached hydrogen (secondary N) is 3. The van der Waals surface area contributed by atoms with Gasteiger partial charge in [-0.15, -0.1) is 11.6 Å². The molecule has 0 fully saturated rings. The molecule has 2 unspecified atom stereocenters. The highest BCUT2D eigenvalue weighted by atomic mass is 35.5. The summed E-state index contributed by atoms with van der Waals surface area (Å²) in [4.78, 5) is 45.9. The van der Waals surface area contributed by atoms with Gasteiger partial charge >= 0.3 is 0 Å². The highest BCUT2D eigenvalue weighted by Gasteiger charge is 2.26. The van der Waals surface area contributed by atoms with E-state index in [-0.39, 0.29) is 33.9 Å². The number of rotatable bonds is 25. The van der Waals surface area contributed by atoms with Gasteiger partial charge in [-0.3, -0.25) is 28.5 Å². The van der Waals surface area contributed by atoms with Crippen LogP contribution in [0.3, 0.4) is 0 Å². The number of allylic oxidation sites excluding steroid dienone is 4. The third-order valence-electron chi connectivity index (χ3n) is 11.1. The number of amides is 3. The van der Waals surface area contributed by atoms with Crippen LogP contribution in [0.1, 0.15) is 68.1 Å². The SMILES string of the molecule is CN(CCCl)c1ccc(CNC(=O)C(N)CCCCNC(=O)C(N)CCCNC(=O)CCCCN2/C(=C/C=C/C3=Nc4ccc(S(=O)(=O)O)cc4C3)Cc3cc(S(=O)(=O)O)ccc32)cc1. The van der Waals surface area contributed by atoms with E-state index in [1.807, 2.05) is 53.3 Å². The first-order valence-corrected chi connectivity index (χ1v) is 25.0. The van der Waals surface area contributed by atoms with Crippen molar-refractivity contribution in [2.45, 2.75) is 92.6 Å². The van der Waals surface area contributed by atoms with E-state index in [1.54, 1.807) is 18.2 Å². The van der Waals surface area contributed by atoms with Crippen molar-refractivity contribution in [3.05, 3.63) is 101 Å². The van der Waals surface area contributed by atoms with Crippen LogP contribution in [-0.2, 0) is 54.0 Å². The lowest BCUT2D eigenvalue weighted by Gasteiger charge is -2.21. The van der Waals surface area contributed by atoms with E-state index in [1.165, 1.54) is 24.3 Å². The average molecular weight is 956 g/mol. The van der Waals surface area contributed by atoms with Gasteiger partial charge in [0, 0.05) is 87.7 Å². The second-order valence-corrected chi connectivity index (χ2v) is 19.3. The van der Waals surface area contributed by atoms with Gasteiger partial charge in [-0.1, -0.05) is 18.2 Å². The van der Waals surface area contributed by atoms with Crippen molar-refractivity contribution in [3.8, 4) is 0 Å². The fourth-order valence-corrected chi connectivity index (χ4v) is 8.76. The van der Waals surface area contributed by atoms with Crippen molar-refractivity contribution in [1.29, 1.82) is 0 Å². The van der Waals surface area contributed by atoms with E-state index in [9.17, 15) is 40.3 Å². The van der Waals surface area contributed by atoms with Crippen molar-refractivity contribution < 1.29 is 40.3 Å². The van der Waals surface area contributed by atoms with Gasteiger partial charge in [-0.2, -0.15) is 16.8 Å². The number of benzene rings is 3. The predicted octanol–water partition coefficient (Wildman–Crippen LogP) is 4.31. The molecule has 2 heterocycles. The van der Waals surface area contributed by atoms with Crippen LogP contribution in [0.5, 0.6) is 0 Å². The molecule has 9 N–H and O–H groups in total. The van der Waals surface area contributed by atoms with Gasteiger partial charge in [0.2, 0.25) is 17.7 Å². The van der Waals surface area contributed by atoms with Crippen LogP contribution in [0.2, 0.25) is 0 Å². The smallest absolute Gasteiger partial charge is 0.294 e. The summed E-state index contributed by atoms with van der Waals surface area (Å²) in [7, 11) is -6.78. The van der Waals surface area contributed by atoms with E-state index in [4.69, 9.17) is 23.1 Å². The molecule has 0 saturated heterocycles. The normalized spacial score (nSPS) is 15.1. The molecule has 0 aromatic heterocycles. The fourth-order valence-electron chi connectivity index (χ4n) is 7.45. The number of hydrogen-bond acceptors (Lipinski definition) is 12. The van der Waals surface area contributed by atoms with Gasteiger partial charge in [0.1, 0.15) is 0 Å². The van der Waals surface area contributed by atoms with Crippen LogP contribution < -0.4 is 37.2 Å². The Kier molecular flexibility index (Phi) is 18.7. The van der Waals surface area contributed by atoms with Crippen molar-refractivity contribution in [2.24, 2.45) is 16.5 Å². The third kappa shape index (κ3) is 15.5. The average Bonchev–Trinajstić information content (AvgIpc) is 3.84. The van der Waals surface area contributed by atoms with Gasteiger partial charge in [-0.05, 0) is 122 Å². The highest BCUT2D eigenvalue weighted by molar-refractivity contribution is 7.86. The molecule has 5 rings (SSSR count). The monoisotopic (exact) mass is 954 g/mol. The lowest BCUT2D eigenvalue weighted by atomic mass is 10.1. The van der Waals surface area contributed by atoms with Crippen molar-refractivity contribution in [3.63, 3.8) is 0 Å². The topological polar surface area (TPSA) is 267 Å². The Balaban J connectivity index is 0.967. The molecule has 352 valence electrons. The number of carbonyl (C=O) groups is 3. The Morgan fingerprint density at radius 3 is 2.15 bits per heavy atom. The van der Waals surface area contributed by atoms with Gasteiger partial charge in [0.05, 0.1) is 27.6 Å². The van der Waals surface area contributed by atoms with Crippen LogP contribution in [0.15, 0.2) is 99.4 Å². The minimum Gasteiger partial charge on any atom is -0.373 e. The zero-order chi connectivity index (χ0) is 47.1. The number of halogens is 1. The maximum Gasteiger partial charge on any atom is 0.294 e. The molecule has 0 bridgehead atoms. The number of nitrogens with two attached hydrogens (primary N) is 2. The summed E-state index contributed by atoms with van der Waals surface area (Å²) in [5.74, 6) is -0.112. The summed E-state index contributed by atoms with van der Waals surface area (Å²) in [6, 6.07) is 15.2. The Morgan fingerprint density at radius 2 is 1.46 bits per heavy atom. The highest BCUT2D eigenvalue weighted by Crippen LogP contribution is 2.36. The number of anilines is 2. The van der Waals surface area contributed by atoms with Crippen molar-refractivity contribution in [2.75, 3.05) is 48.9 Å². The molecule has 0 aliphatic carbocycles. The standard InChI is InChI=1S/C45H59ClN8O9S2/c1-53(25-21-46)35-15-13-31(14-16-35)30-51-45(57)39(47)10-2-4-22-50-44(56)40(48)11-7-23-49-43(55)12-3-5-24-54-36(27-33-29-38(65(61,62)63)18-20-42(33)54)9-6-8-34-26-32-28-37(64(58,59)60)17-19-41(32)52-34/h6,8-9,13-20,28-29,39-40H,2-5,7,10-12,21-27,30,47-48H2,1H3,(H,49,55)(H,50,56)(H,51,57)(H,58,59,60)(H,61,62,63)/b8-6+,36-9+. The second kappa shape index (κ2) is 23.9. The van der Waals surface area contributed by atoms with Crippen LogP contribution in [0, 0.1) is 0 Å². The molecule has 20 heteroatoms. The third-order valence-corrected chi connectivity index (χ3v) is 13.0. The van der Waals surface area contributed by atoms with Crippen LogP contribution >= 0.6 is 11.6 Å². The van der Waals surface area contributed by atoms with Crippen LogP contribution in [0.25, 0.3) is 0 Å². The van der Waals surface area contributed by atoms with Gasteiger partial charge in [0.15, 0.2) is 0 Å². The maximum absolute atomic E-state index is 12.6. The minimum absolute atomic E-state index is 0.129. The Bertz CT molecular complexity index is 2480. The molecule has 3 aromatic rings. The summed E-state index contributed by atoms with van der Waals surface area (Å²) in [5.41, 5.74) is 18.5. The van der Waals surface area contributed by atoms with Crippen LogP contribution in [0.4, 0.5) is 17.1 Å². The number of unbranched alkanes of at least 4 members (excludes halogenated alkanes) is 2.